The second-order valence-corrected chi connectivity index (χ2v) is 5.83. The predicted molar refractivity (Wildman–Crippen MR) is 93.4 cm³/mol. The zero-order valence-electron chi connectivity index (χ0n) is 12.9. The molecule has 0 saturated heterocycles. The van der Waals surface area contributed by atoms with E-state index in [1.165, 1.54) is 0 Å². The number of rotatable bonds is 2. The van der Waals surface area contributed by atoms with Crippen LogP contribution in [0.2, 0.25) is 0 Å². The van der Waals surface area contributed by atoms with Crippen molar-refractivity contribution in [3.05, 3.63) is 69.9 Å². The minimum atomic E-state index is -0.563. The molecule has 3 aromatic rings. The Morgan fingerprint density at radius 1 is 1.08 bits per heavy atom. The molecule has 1 aromatic heterocycles. The van der Waals surface area contributed by atoms with E-state index in [2.05, 4.69) is 9.98 Å². The highest BCUT2D eigenvalue weighted by Crippen LogP contribution is 2.23. The molecule has 0 spiro atoms. The van der Waals surface area contributed by atoms with Crippen molar-refractivity contribution in [1.29, 1.82) is 0 Å². The second-order valence-electron chi connectivity index (χ2n) is 5.83. The van der Waals surface area contributed by atoms with Gasteiger partial charge < -0.3 is 4.42 Å². The van der Waals surface area contributed by atoms with Crippen LogP contribution in [0, 0.1) is 0 Å². The summed E-state index contributed by atoms with van der Waals surface area (Å²) < 4.78 is 5.58. The number of fused-ring (bicyclic) bond motifs is 4. The Morgan fingerprint density at radius 2 is 1.96 bits per heavy atom. The molecule has 2 aliphatic heterocycles. The molecule has 5 nitrogen and oxygen atoms in total. The highest BCUT2D eigenvalue weighted by atomic mass is 16.3. The fourth-order valence-electron chi connectivity index (χ4n) is 3.09. The van der Waals surface area contributed by atoms with E-state index >= 15 is 0 Å². The van der Waals surface area contributed by atoms with Crippen LogP contribution >= 0.6 is 0 Å². The molecule has 5 rings (SSSR count). The van der Waals surface area contributed by atoms with Crippen molar-refractivity contribution in [2.24, 2.45) is 9.98 Å². The maximum Gasteiger partial charge on any atom is 0.281 e. The van der Waals surface area contributed by atoms with Gasteiger partial charge in [0, 0.05) is 22.4 Å². The van der Waals surface area contributed by atoms with E-state index in [4.69, 9.17) is 4.42 Å². The molecule has 0 atom stereocenters. The summed E-state index contributed by atoms with van der Waals surface area (Å²) in [5.74, 6) is -0.890. The standard InChI is InChI=1S/C20H10N2O3/c23-19(17-10-11-3-1-2-4-16(11)25-17)14-9-12-5-6-15-13(7-8-21-15)18(12)22-20(14)24/h1-10H. The molecule has 1 amide bonds. The van der Waals surface area contributed by atoms with Crippen molar-refractivity contribution < 1.29 is 14.0 Å². The second kappa shape index (κ2) is 4.95. The molecule has 5 heteroatoms. The van der Waals surface area contributed by atoms with E-state index in [9.17, 15) is 9.59 Å². The first-order chi connectivity index (χ1) is 12.2. The highest BCUT2D eigenvalue weighted by Gasteiger charge is 2.26. The van der Waals surface area contributed by atoms with E-state index in [1.807, 2.05) is 36.4 Å². The average molecular weight is 326 g/mol. The lowest BCUT2D eigenvalue weighted by atomic mass is 10.0. The summed E-state index contributed by atoms with van der Waals surface area (Å²) in [4.78, 5) is 33.5. The third-order valence-corrected chi connectivity index (χ3v) is 4.32. The monoisotopic (exact) mass is 326 g/mol. The van der Waals surface area contributed by atoms with Crippen molar-refractivity contribution in [1.82, 2.24) is 0 Å². The first-order valence-corrected chi connectivity index (χ1v) is 7.76. The number of ketones is 1. The fourth-order valence-corrected chi connectivity index (χ4v) is 3.09. The topological polar surface area (TPSA) is 72.0 Å². The van der Waals surface area contributed by atoms with Crippen molar-refractivity contribution >= 4 is 46.7 Å². The van der Waals surface area contributed by atoms with Crippen LogP contribution in [0.4, 0.5) is 5.69 Å². The lowest BCUT2D eigenvalue weighted by molar-refractivity contribution is -0.114. The summed E-state index contributed by atoms with van der Waals surface area (Å²) in [6.45, 7) is 0. The molecule has 0 fully saturated rings. The molecule has 0 aliphatic carbocycles. The van der Waals surface area contributed by atoms with Gasteiger partial charge in [0.05, 0.1) is 16.6 Å². The molecule has 25 heavy (non-hydrogen) atoms. The molecule has 2 aromatic carbocycles. The van der Waals surface area contributed by atoms with Crippen molar-refractivity contribution in [2.75, 3.05) is 0 Å². The minimum Gasteiger partial charge on any atom is -0.453 e. The van der Waals surface area contributed by atoms with E-state index in [-0.39, 0.29) is 11.3 Å². The summed E-state index contributed by atoms with van der Waals surface area (Å²) >= 11 is 0. The lowest BCUT2D eigenvalue weighted by Gasteiger charge is -2.07. The third-order valence-electron chi connectivity index (χ3n) is 4.32. The van der Waals surface area contributed by atoms with Crippen molar-refractivity contribution in [3.8, 4) is 0 Å². The molecule has 0 N–H and O–H groups in total. The molecule has 3 heterocycles. The summed E-state index contributed by atoms with van der Waals surface area (Å²) in [6.07, 6.45) is 5.06. The number of carbonyl (C=O) groups is 2. The predicted octanol–water partition coefficient (Wildman–Crippen LogP) is 2.36. The SMILES string of the molecule is O=C1N=c2c(ccc3c2=CC=N3)C=C1C(=O)c1cc2ccccc2o1. The lowest BCUT2D eigenvalue weighted by Crippen LogP contribution is -2.32. The number of nitrogens with zero attached hydrogens (tertiary/aromatic N) is 2. The zero-order chi connectivity index (χ0) is 17.0. The van der Waals surface area contributed by atoms with Crippen molar-refractivity contribution in [3.63, 3.8) is 0 Å². The number of Topliss-reactive ketones (excluding diaryl/α,β-unsaturated/α-hetero) is 1. The van der Waals surface area contributed by atoms with Gasteiger partial charge in [0.15, 0.2) is 5.76 Å². The van der Waals surface area contributed by atoms with Crippen LogP contribution in [0.1, 0.15) is 16.1 Å². The Balaban J connectivity index is 1.64. The van der Waals surface area contributed by atoms with Gasteiger partial charge in [-0.15, -0.1) is 0 Å². The quantitative estimate of drug-likeness (QED) is 0.536. The maximum absolute atomic E-state index is 12.7. The van der Waals surface area contributed by atoms with Gasteiger partial charge in [-0.3, -0.25) is 14.6 Å². The van der Waals surface area contributed by atoms with Gasteiger partial charge in [0.1, 0.15) is 5.58 Å². The molecular formula is C20H10N2O3. The van der Waals surface area contributed by atoms with Gasteiger partial charge in [0.25, 0.3) is 5.91 Å². The van der Waals surface area contributed by atoms with Crippen LogP contribution in [0.3, 0.4) is 0 Å². The normalized spacial score (nSPS) is 14.6. The number of carbonyl (C=O) groups excluding carboxylic acids is 2. The van der Waals surface area contributed by atoms with Crippen LogP contribution in [0.25, 0.3) is 23.1 Å². The largest absolute Gasteiger partial charge is 0.453 e. The Kier molecular flexibility index (Phi) is 2.73. The number of aliphatic imine (C=N–C) groups is 1. The van der Waals surface area contributed by atoms with E-state index < -0.39 is 11.7 Å². The van der Waals surface area contributed by atoms with Crippen LogP contribution in [0.5, 0.6) is 0 Å². The molecule has 0 bridgehead atoms. The number of para-hydroxylation sites is 1. The molecule has 2 aliphatic rings. The van der Waals surface area contributed by atoms with Crippen LogP contribution in [-0.4, -0.2) is 17.9 Å². The number of hydrogen-bond acceptors (Lipinski definition) is 4. The van der Waals surface area contributed by atoms with E-state index in [0.717, 1.165) is 21.9 Å². The van der Waals surface area contributed by atoms with Gasteiger partial charge in [-0.05, 0) is 30.4 Å². The van der Waals surface area contributed by atoms with E-state index in [1.54, 1.807) is 24.4 Å². The van der Waals surface area contributed by atoms with Gasteiger partial charge in [-0.1, -0.05) is 24.3 Å². The van der Waals surface area contributed by atoms with E-state index in [0.29, 0.717) is 10.9 Å². The van der Waals surface area contributed by atoms with Crippen molar-refractivity contribution in [2.45, 2.75) is 0 Å². The number of amides is 1. The minimum absolute atomic E-state index is 0.00502. The number of furan rings is 1. The molecule has 0 radical (unpaired) electrons. The Morgan fingerprint density at radius 3 is 2.84 bits per heavy atom. The highest BCUT2D eigenvalue weighted by molar-refractivity contribution is 6.28. The number of benzene rings is 2. The smallest absolute Gasteiger partial charge is 0.281 e. The average Bonchev–Trinajstić information content (AvgIpc) is 3.27. The summed E-state index contributed by atoms with van der Waals surface area (Å²) in [6, 6.07) is 12.6. The summed E-state index contributed by atoms with van der Waals surface area (Å²) in [5.41, 5.74) is 2.11. The number of hydrogen-bond donors (Lipinski definition) is 0. The van der Waals surface area contributed by atoms with Gasteiger partial charge in [-0.2, -0.15) is 0 Å². The third kappa shape index (κ3) is 2.03. The molecule has 0 saturated carbocycles. The van der Waals surface area contributed by atoms with Crippen LogP contribution in [-0.2, 0) is 4.79 Å². The molecule has 118 valence electrons. The molecular weight excluding hydrogens is 316 g/mol. The van der Waals surface area contributed by atoms with Gasteiger partial charge in [0.2, 0.25) is 5.78 Å². The Bertz CT molecular complexity index is 1240. The zero-order valence-corrected chi connectivity index (χ0v) is 12.9. The summed E-state index contributed by atoms with van der Waals surface area (Å²) in [5, 5.41) is 2.18. The molecule has 0 unspecified atom stereocenters. The Labute approximate surface area is 141 Å². The maximum atomic E-state index is 12.7. The van der Waals surface area contributed by atoms with Gasteiger partial charge in [-0.25, -0.2) is 4.99 Å². The Hall–Kier alpha value is -3.60. The fraction of sp³-hybridized carbons (Fsp3) is 0. The summed E-state index contributed by atoms with van der Waals surface area (Å²) in [7, 11) is 0. The first kappa shape index (κ1) is 13.8. The van der Waals surface area contributed by atoms with Crippen LogP contribution < -0.4 is 10.6 Å². The first-order valence-electron chi connectivity index (χ1n) is 7.76. The van der Waals surface area contributed by atoms with Gasteiger partial charge >= 0.3 is 0 Å². The van der Waals surface area contributed by atoms with Crippen LogP contribution in [0.15, 0.2) is 62.4 Å².